The molecule has 158 valence electrons. The molecule has 3 nitrogen and oxygen atoms in total. The minimum absolute atomic E-state index is 0.0388. The van der Waals surface area contributed by atoms with E-state index in [1.165, 1.54) is 11.1 Å². The fourth-order valence-corrected chi connectivity index (χ4v) is 6.01. The smallest absolute Gasteiger partial charge is 0.128 e. The lowest BCUT2D eigenvalue weighted by Crippen LogP contribution is -2.50. The number of phenols is 1. The molecule has 3 aromatic rings. The number of aromatic hydroxyl groups is 1. The van der Waals surface area contributed by atoms with Crippen molar-refractivity contribution >= 4 is 6.08 Å². The number of fused-ring (bicyclic) bond motifs is 3. The van der Waals surface area contributed by atoms with Crippen LogP contribution in [0.3, 0.4) is 0 Å². The van der Waals surface area contributed by atoms with E-state index in [0.717, 1.165) is 42.5 Å². The Morgan fingerprint density at radius 3 is 2.61 bits per heavy atom. The lowest BCUT2D eigenvalue weighted by molar-refractivity contribution is -0.0116. The largest absolute Gasteiger partial charge is 0.508 e. The van der Waals surface area contributed by atoms with Crippen LogP contribution in [0.2, 0.25) is 0 Å². The third kappa shape index (κ3) is 3.28. The topological polar surface area (TPSA) is 53.4 Å². The number of benzene rings is 2. The van der Waals surface area contributed by atoms with Crippen LogP contribution in [0.25, 0.3) is 6.08 Å². The van der Waals surface area contributed by atoms with Crippen molar-refractivity contribution in [3.63, 3.8) is 0 Å². The Balaban J connectivity index is 1.68. The second-order valence-electron chi connectivity index (χ2n) is 9.12. The van der Waals surface area contributed by atoms with Crippen LogP contribution in [-0.2, 0) is 17.4 Å². The molecule has 1 saturated carbocycles. The Kier molecular flexibility index (Phi) is 4.94. The number of aromatic nitrogens is 1. The SMILES string of the molecule is CC[C@@]12C/C(=C\c3ccccc3)[C@](O)(c3ccccn3)C[C@H]1CCc1cc(O)ccc12. The molecule has 0 amide bonds. The molecule has 0 saturated heterocycles. The highest BCUT2D eigenvalue weighted by molar-refractivity contribution is 5.58. The van der Waals surface area contributed by atoms with Gasteiger partial charge >= 0.3 is 0 Å². The van der Waals surface area contributed by atoms with Gasteiger partial charge in [0.2, 0.25) is 0 Å². The van der Waals surface area contributed by atoms with Gasteiger partial charge in [0.1, 0.15) is 11.4 Å². The van der Waals surface area contributed by atoms with Crippen LogP contribution in [0.4, 0.5) is 0 Å². The molecule has 1 aromatic heterocycles. The van der Waals surface area contributed by atoms with Crippen molar-refractivity contribution < 1.29 is 10.2 Å². The maximum Gasteiger partial charge on any atom is 0.128 e. The van der Waals surface area contributed by atoms with Gasteiger partial charge in [-0.1, -0.05) is 55.5 Å². The Hall–Kier alpha value is -2.91. The molecule has 0 radical (unpaired) electrons. The van der Waals surface area contributed by atoms with Crippen molar-refractivity contribution in [2.75, 3.05) is 0 Å². The number of hydrogen-bond acceptors (Lipinski definition) is 3. The minimum Gasteiger partial charge on any atom is -0.508 e. The number of aliphatic hydroxyl groups is 1. The maximum atomic E-state index is 12.1. The molecule has 0 spiro atoms. The molecule has 2 aliphatic rings. The molecule has 3 atom stereocenters. The number of nitrogens with zero attached hydrogens (tertiary/aromatic N) is 1. The van der Waals surface area contributed by atoms with E-state index in [9.17, 15) is 10.2 Å². The van der Waals surface area contributed by atoms with Crippen LogP contribution in [0.1, 0.15) is 55.0 Å². The van der Waals surface area contributed by atoms with Gasteiger partial charge in [-0.25, -0.2) is 0 Å². The molecule has 1 heterocycles. The third-order valence-electron chi connectivity index (χ3n) is 7.61. The second kappa shape index (κ2) is 7.65. The molecule has 3 heteroatoms. The molecule has 31 heavy (non-hydrogen) atoms. The first-order valence-corrected chi connectivity index (χ1v) is 11.3. The van der Waals surface area contributed by atoms with Crippen molar-refractivity contribution in [3.05, 3.63) is 101 Å². The van der Waals surface area contributed by atoms with Crippen molar-refractivity contribution in [2.45, 2.75) is 50.0 Å². The van der Waals surface area contributed by atoms with Crippen molar-refractivity contribution in [1.29, 1.82) is 0 Å². The zero-order valence-corrected chi connectivity index (χ0v) is 18.0. The fourth-order valence-electron chi connectivity index (χ4n) is 6.01. The number of pyridine rings is 1. The molecule has 0 bridgehead atoms. The molecule has 2 aliphatic carbocycles. The van der Waals surface area contributed by atoms with Gasteiger partial charge in [-0.2, -0.15) is 0 Å². The summed E-state index contributed by atoms with van der Waals surface area (Å²) in [4.78, 5) is 4.58. The van der Waals surface area contributed by atoms with Gasteiger partial charge in [0.25, 0.3) is 0 Å². The highest BCUT2D eigenvalue weighted by atomic mass is 16.3. The van der Waals surface area contributed by atoms with E-state index < -0.39 is 5.60 Å². The first-order valence-electron chi connectivity index (χ1n) is 11.3. The van der Waals surface area contributed by atoms with Gasteiger partial charge in [-0.3, -0.25) is 4.98 Å². The normalized spacial score (nSPS) is 28.7. The first-order chi connectivity index (χ1) is 15.0. The van der Waals surface area contributed by atoms with E-state index in [1.54, 1.807) is 6.20 Å². The van der Waals surface area contributed by atoms with Crippen LogP contribution in [0.5, 0.6) is 5.75 Å². The summed E-state index contributed by atoms with van der Waals surface area (Å²) < 4.78 is 0. The predicted molar refractivity (Wildman–Crippen MR) is 124 cm³/mol. The van der Waals surface area contributed by atoms with Gasteiger partial charge in [0.15, 0.2) is 0 Å². The summed E-state index contributed by atoms with van der Waals surface area (Å²) in [6, 6.07) is 21.9. The van der Waals surface area contributed by atoms with E-state index in [-0.39, 0.29) is 5.41 Å². The van der Waals surface area contributed by atoms with E-state index in [2.05, 4.69) is 36.2 Å². The summed E-state index contributed by atoms with van der Waals surface area (Å²) in [5.41, 5.74) is 4.33. The Bertz CT molecular complexity index is 1110. The predicted octanol–water partition coefficient (Wildman–Crippen LogP) is 5.76. The number of rotatable bonds is 3. The average Bonchev–Trinajstić information content (AvgIpc) is 2.80. The van der Waals surface area contributed by atoms with Crippen LogP contribution in [0.15, 0.2) is 78.5 Å². The first kappa shape index (κ1) is 20.0. The van der Waals surface area contributed by atoms with Crippen LogP contribution in [-0.4, -0.2) is 15.2 Å². The van der Waals surface area contributed by atoms with Crippen molar-refractivity contribution in [3.8, 4) is 5.75 Å². The number of phenolic OH excluding ortho intramolecular Hbond substituents is 1. The summed E-state index contributed by atoms with van der Waals surface area (Å²) in [5.74, 6) is 0.693. The van der Waals surface area contributed by atoms with Crippen LogP contribution in [0, 0.1) is 5.92 Å². The molecule has 0 unspecified atom stereocenters. The van der Waals surface area contributed by atoms with Gasteiger partial charge < -0.3 is 10.2 Å². The summed E-state index contributed by atoms with van der Waals surface area (Å²) in [5, 5.41) is 22.2. The van der Waals surface area contributed by atoms with E-state index >= 15 is 0 Å². The fraction of sp³-hybridized carbons (Fsp3) is 0.321. The highest BCUT2D eigenvalue weighted by Gasteiger charge is 2.54. The quantitative estimate of drug-likeness (QED) is 0.576. The lowest BCUT2D eigenvalue weighted by Gasteiger charge is -2.54. The maximum absolute atomic E-state index is 12.1. The molecule has 0 aliphatic heterocycles. The van der Waals surface area contributed by atoms with Gasteiger partial charge in [0.05, 0.1) is 5.69 Å². The Morgan fingerprint density at radius 2 is 1.87 bits per heavy atom. The average molecular weight is 412 g/mol. The van der Waals surface area contributed by atoms with E-state index in [0.29, 0.717) is 18.1 Å². The zero-order valence-electron chi connectivity index (χ0n) is 18.0. The molecular weight excluding hydrogens is 382 g/mol. The standard InChI is InChI=1S/C28H29NO2/c1-2-27-18-23(16-20-8-4-3-5-9-20)28(31,26-10-6-7-15-29-26)19-22(27)12-11-21-17-24(30)13-14-25(21)27/h3-10,13-17,22,30-31H,2,11-12,18-19H2,1H3/b23-16+/t22-,27-,28+/m1/s1. The van der Waals surface area contributed by atoms with Gasteiger partial charge in [-0.05, 0) is 84.6 Å². The Morgan fingerprint density at radius 1 is 1.06 bits per heavy atom. The van der Waals surface area contributed by atoms with E-state index in [1.807, 2.05) is 48.5 Å². The molecule has 2 aromatic carbocycles. The lowest BCUT2D eigenvalue weighted by atomic mass is 9.51. The second-order valence-corrected chi connectivity index (χ2v) is 9.12. The highest BCUT2D eigenvalue weighted by Crippen LogP contribution is 2.58. The monoisotopic (exact) mass is 411 g/mol. The van der Waals surface area contributed by atoms with E-state index in [4.69, 9.17) is 0 Å². The number of aryl methyl sites for hydroxylation is 1. The van der Waals surface area contributed by atoms with Crippen molar-refractivity contribution in [1.82, 2.24) is 4.98 Å². The zero-order chi connectivity index (χ0) is 21.5. The third-order valence-corrected chi connectivity index (χ3v) is 7.61. The summed E-state index contributed by atoms with van der Waals surface area (Å²) in [6.07, 6.45) is 8.33. The van der Waals surface area contributed by atoms with Crippen LogP contribution >= 0.6 is 0 Å². The van der Waals surface area contributed by atoms with Crippen LogP contribution < -0.4 is 0 Å². The summed E-state index contributed by atoms with van der Waals surface area (Å²) in [7, 11) is 0. The minimum atomic E-state index is -1.07. The molecular formula is C28H29NO2. The Labute approximate surface area is 184 Å². The molecule has 1 fully saturated rings. The molecule has 5 rings (SSSR count). The number of hydrogen-bond donors (Lipinski definition) is 2. The van der Waals surface area contributed by atoms with Gasteiger partial charge in [-0.15, -0.1) is 0 Å². The summed E-state index contributed by atoms with van der Waals surface area (Å²) >= 11 is 0. The molecule has 2 N–H and O–H groups in total. The summed E-state index contributed by atoms with van der Waals surface area (Å²) in [6.45, 7) is 2.26. The van der Waals surface area contributed by atoms with Gasteiger partial charge in [0, 0.05) is 11.6 Å². The van der Waals surface area contributed by atoms with Crippen molar-refractivity contribution in [2.24, 2.45) is 5.92 Å².